The monoisotopic (exact) mass is 282 g/mol. The maximum atomic E-state index is 5.96. The van der Waals surface area contributed by atoms with Gasteiger partial charge in [-0.2, -0.15) is 0 Å². The smallest absolute Gasteiger partial charge is 0.139 e. The SMILES string of the molecule is CC(C)Oc1ccc(Br)c(Cl)c1Cl. The second-order valence-corrected chi connectivity index (χ2v) is 4.45. The molecule has 0 unspecified atom stereocenters. The van der Waals surface area contributed by atoms with Crippen LogP contribution in [0.25, 0.3) is 0 Å². The first kappa shape index (κ1) is 11.2. The Morgan fingerprint density at radius 1 is 1.23 bits per heavy atom. The molecule has 1 aromatic rings. The molecule has 0 aliphatic heterocycles. The van der Waals surface area contributed by atoms with Crippen molar-refractivity contribution in [2.24, 2.45) is 0 Å². The molecule has 4 heteroatoms. The molecule has 0 spiro atoms. The number of rotatable bonds is 2. The Morgan fingerprint density at radius 3 is 2.38 bits per heavy atom. The van der Waals surface area contributed by atoms with Gasteiger partial charge in [0.15, 0.2) is 0 Å². The molecule has 1 nitrogen and oxygen atoms in total. The Bertz CT molecular complexity index is 313. The Balaban J connectivity index is 3.04. The maximum absolute atomic E-state index is 5.96. The second kappa shape index (κ2) is 4.54. The van der Waals surface area contributed by atoms with Crippen molar-refractivity contribution in [1.29, 1.82) is 0 Å². The lowest BCUT2D eigenvalue weighted by atomic mass is 10.3. The van der Waals surface area contributed by atoms with Crippen molar-refractivity contribution in [3.05, 3.63) is 26.7 Å². The minimum atomic E-state index is 0.0924. The summed E-state index contributed by atoms with van der Waals surface area (Å²) in [5, 5.41) is 0.935. The number of hydrogen-bond acceptors (Lipinski definition) is 1. The van der Waals surface area contributed by atoms with Crippen LogP contribution in [-0.2, 0) is 0 Å². The zero-order chi connectivity index (χ0) is 10.0. The first-order valence-electron chi connectivity index (χ1n) is 3.82. The fourth-order valence-corrected chi connectivity index (χ4v) is 1.66. The highest BCUT2D eigenvalue weighted by Gasteiger charge is 2.10. The van der Waals surface area contributed by atoms with E-state index in [-0.39, 0.29) is 6.10 Å². The Labute approximate surface area is 96.1 Å². The van der Waals surface area contributed by atoms with Crippen molar-refractivity contribution in [3.8, 4) is 5.75 Å². The molecule has 0 fully saturated rings. The van der Waals surface area contributed by atoms with Crippen molar-refractivity contribution >= 4 is 39.1 Å². The van der Waals surface area contributed by atoms with E-state index < -0.39 is 0 Å². The van der Waals surface area contributed by atoms with Crippen LogP contribution < -0.4 is 4.74 Å². The van der Waals surface area contributed by atoms with Crippen LogP contribution in [0.3, 0.4) is 0 Å². The van der Waals surface area contributed by atoms with Gasteiger partial charge in [-0.05, 0) is 41.9 Å². The molecule has 0 atom stereocenters. The normalized spacial score (nSPS) is 10.6. The van der Waals surface area contributed by atoms with E-state index in [1.807, 2.05) is 19.9 Å². The summed E-state index contributed by atoms with van der Waals surface area (Å²) < 4.78 is 6.22. The van der Waals surface area contributed by atoms with E-state index in [0.717, 1.165) is 4.47 Å². The predicted octanol–water partition coefficient (Wildman–Crippen LogP) is 4.54. The lowest BCUT2D eigenvalue weighted by Crippen LogP contribution is -2.05. The van der Waals surface area contributed by atoms with E-state index in [1.165, 1.54) is 0 Å². The van der Waals surface area contributed by atoms with Crippen LogP contribution in [-0.4, -0.2) is 6.10 Å². The first-order valence-corrected chi connectivity index (χ1v) is 5.37. The molecule has 0 radical (unpaired) electrons. The Morgan fingerprint density at radius 2 is 1.85 bits per heavy atom. The molecule has 0 bridgehead atoms. The average molecular weight is 284 g/mol. The van der Waals surface area contributed by atoms with Gasteiger partial charge in [-0.15, -0.1) is 0 Å². The van der Waals surface area contributed by atoms with Gasteiger partial charge in [0.2, 0.25) is 0 Å². The van der Waals surface area contributed by atoms with E-state index in [4.69, 9.17) is 27.9 Å². The van der Waals surface area contributed by atoms with E-state index in [1.54, 1.807) is 6.07 Å². The zero-order valence-corrected chi connectivity index (χ0v) is 10.4. The maximum Gasteiger partial charge on any atom is 0.139 e. The third kappa shape index (κ3) is 2.76. The van der Waals surface area contributed by atoms with Gasteiger partial charge < -0.3 is 4.74 Å². The molecule has 0 aliphatic carbocycles. The second-order valence-electron chi connectivity index (χ2n) is 2.84. The van der Waals surface area contributed by atoms with Gasteiger partial charge in [0.05, 0.1) is 11.1 Å². The summed E-state index contributed by atoms with van der Waals surface area (Å²) in [7, 11) is 0. The quantitative estimate of drug-likeness (QED) is 0.724. The van der Waals surface area contributed by atoms with Gasteiger partial charge in [0.25, 0.3) is 0 Å². The summed E-state index contributed by atoms with van der Waals surface area (Å²) in [6, 6.07) is 3.60. The molecule has 0 aliphatic rings. The van der Waals surface area contributed by atoms with Gasteiger partial charge >= 0.3 is 0 Å². The molecule has 0 N–H and O–H groups in total. The minimum absolute atomic E-state index is 0.0924. The average Bonchev–Trinajstić information content (AvgIpc) is 2.06. The number of halogens is 3. The number of hydrogen-bond donors (Lipinski definition) is 0. The first-order chi connectivity index (χ1) is 6.02. The van der Waals surface area contributed by atoms with Crippen molar-refractivity contribution in [3.63, 3.8) is 0 Å². The highest BCUT2D eigenvalue weighted by molar-refractivity contribution is 9.10. The molecule has 13 heavy (non-hydrogen) atoms. The Hall–Kier alpha value is 0.0800. The van der Waals surface area contributed by atoms with Crippen LogP contribution in [0.2, 0.25) is 10.0 Å². The largest absolute Gasteiger partial charge is 0.489 e. The van der Waals surface area contributed by atoms with Crippen molar-refractivity contribution in [2.45, 2.75) is 20.0 Å². The summed E-state index contributed by atoms with van der Waals surface area (Å²) >= 11 is 15.1. The standard InChI is InChI=1S/C9H9BrCl2O/c1-5(2)13-7-4-3-6(10)8(11)9(7)12/h3-5H,1-2H3. The van der Waals surface area contributed by atoms with Crippen molar-refractivity contribution in [2.75, 3.05) is 0 Å². The molecule has 1 aromatic carbocycles. The van der Waals surface area contributed by atoms with Gasteiger partial charge in [-0.3, -0.25) is 0 Å². The van der Waals surface area contributed by atoms with Crippen molar-refractivity contribution in [1.82, 2.24) is 0 Å². The third-order valence-corrected chi connectivity index (χ3v) is 3.12. The molecular weight excluding hydrogens is 275 g/mol. The summed E-state index contributed by atoms with van der Waals surface area (Å²) in [6.07, 6.45) is 0.0924. The van der Waals surface area contributed by atoms with Gasteiger partial charge in [-0.25, -0.2) is 0 Å². The molecule has 0 heterocycles. The van der Waals surface area contributed by atoms with Crippen LogP contribution in [0, 0.1) is 0 Å². The fourth-order valence-electron chi connectivity index (χ4n) is 0.853. The number of benzene rings is 1. The number of ether oxygens (including phenoxy) is 1. The van der Waals surface area contributed by atoms with E-state index in [0.29, 0.717) is 15.8 Å². The summed E-state index contributed by atoms with van der Waals surface area (Å²) in [6.45, 7) is 3.87. The highest BCUT2D eigenvalue weighted by atomic mass is 79.9. The van der Waals surface area contributed by atoms with Crippen LogP contribution in [0.4, 0.5) is 0 Å². The Kier molecular flexibility index (Phi) is 3.89. The summed E-state index contributed by atoms with van der Waals surface area (Å²) in [5.74, 6) is 0.616. The minimum Gasteiger partial charge on any atom is -0.489 e. The van der Waals surface area contributed by atoms with Gasteiger partial charge in [0, 0.05) is 4.47 Å². The highest BCUT2D eigenvalue weighted by Crippen LogP contribution is 2.37. The van der Waals surface area contributed by atoms with Gasteiger partial charge in [0.1, 0.15) is 10.8 Å². The molecule has 0 amide bonds. The topological polar surface area (TPSA) is 9.23 Å². The lowest BCUT2D eigenvalue weighted by Gasteiger charge is -2.12. The predicted molar refractivity (Wildman–Crippen MR) is 59.9 cm³/mol. The molecule has 72 valence electrons. The van der Waals surface area contributed by atoms with Crippen LogP contribution in [0.5, 0.6) is 5.75 Å². The third-order valence-electron chi connectivity index (χ3n) is 1.36. The molecular formula is C9H9BrCl2O. The molecule has 0 saturated heterocycles. The summed E-state index contributed by atoms with van der Waals surface area (Å²) in [4.78, 5) is 0. The molecule has 1 rings (SSSR count). The van der Waals surface area contributed by atoms with E-state index in [2.05, 4.69) is 15.9 Å². The zero-order valence-electron chi connectivity index (χ0n) is 7.27. The fraction of sp³-hybridized carbons (Fsp3) is 0.333. The molecule has 0 aromatic heterocycles. The lowest BCUT2D eigenvalue weighted by molar-refractivity contribution is 0.242. The molecule has 0 saturated carbocycles. The van der Waals surface area contributed by atoms with E-state index in [9.17, 15) is 0 Å². The van der Waals surface area contributed by atoms with E-state index >= 15 is 0 Å². The van der Waals surface area contributed by atoms with Crippen LogP contribution in [0.1, 0.15) is 13.8 Å². The van der Waals surface area contributed by atoms with Crippen LogP contribution >= 0.6 is 39.1 Å². The van der Waals surface area contributed by atoms with Crippen molar-refractivity contribution < 1.29 is 4.74 Å². The van der Waals surface area contributed by atoms with Gasteiger partial charge in [-0.1, -0.05) is 23.2 Å². The van der Waals surface area contributed by atoms with Crippen LogP contribution in [0.15, 0.2) is 16.6 Å². The summed E-state index contributed by atoms with van der Waals surface area (Å²) in [5.41, 5.74) is 0.